The number of hydrogen-bond acceptors (Lipinski definition) is 3. The van der Waals surface area contributed by atoms with Crippen molar-refractivity contribution in [3.63, 3.8) is 0 Å². The minimum Gasteiger partial charge on any atom is -0.362 e. The van der Waals surface area contributed by atoms with Gasteiger partial charge in [-0.1, -0.05) is 0 Å². The van der Waals surface area contributed by atoms with Gasteiger partial charge in [-0.05, 0) is 0 Å². The molecular formula is C6H6N2O3. The molecule has 1 fully saturated rings. The van der Waals surface area contributed by atoms with Gasteiger partial charge in [-0.3, -0.25) is 9.59 Å². The zero-order chi connectivity index (χ0) is 8.43. The van der Waals surface area contributed by atoms with Crippen LogP contribution in [0, 0.1) is 14.1 Å². The van der Waals surface area contributed by atoms with E-state index in [1.807, 2.05) is 0 Å². The molecule has 0 aliphatic carbocycles. The molecule has 1 aliphatic heterocycles. The Bertz CT molecular complexity index is 172. The van der Waals surface area contributed by atoms with Gasteiger partial charge in [-0.2, -0.15) is 0 Å². The lowest BCUT2D eigenvalue weighted by molar-refractivity contribution is -0.149. The lowest BCUT2D eigenvalue weighted by atomic mass is 10.6. The summed E-state index contributed by atoms with van der Waals surface area (Å²) in [4.78, 5) is 21.5. The minimum atomic E-state index is -0.557. The third kappa shape index (κ3) is 1.48. The van der Waals surface area contributed by atoms with Crippen LogP contribution in [0.2, 0.25) is 0 Å². The van der Waals surface area contributed by atoms with Gasteiger partial charge in [-0.15, -0.1) is 0 Å². The van der Waals surface area contributed by atoms with Crippen LogP contribution in [0.5, 0.6) is 0 Å². The number of nitrogens with zero attached hydrogens (tertiary/aromatic N) is 2. The first-order chi connectivity index (χ1) is 5.13. The van der Waals surface area contributed by atoms with E-state index in [1.54, 1.807) is 0 Å². The molecular weight excluding hydrogens is 148 g/mol. The summed E-state index contributed by atoms with van der Waals surface area (Å²) >= 11 is 0. The Morgan fingerprint density at radius 3 is 1.82 bits per heavy atom. The van der Waals surface area contributed by atoms with Gasteiger partial charge in [0, 0.05) is 0 Å². The van der Waals surface area contributed by atoms with Gasteiger partial charge in [0.2, 0.25) is 0 Å². The van der Waals surface area contributed by atoms with Gasteiger partial charge in [0.05, 0.1) is 0 Å². The molecule has 0 spiro atoms. The highest BCUT2D eigenvalue weighted by molar-refractivity contribution is 5.85. The van der Waals surface area contributed by atoms with Crippen LogP contribution in [0.4, 0.5) is 0 Å². The van der Waals surface area contributed by atoms with Crippen LogP contribution in [0.25, 0.3) is 0 Å². The zero-order valence-electron chi connectivity index (χ0n) is 5.69. The molecule has 1 aliphatic rings. The molecule has 0 saturated carbocycles. The van der Waals surface area contributed by atoms with E-state index < -0.39 is 11.8 Å². The minimum absolute atomic E-state index is 0.226. The molecule has 0 aromatic heterocycles. The monoisotopic (exact) mass is 154 g/mol. The van der Waals surface area contributed by atoms with Gasteiger partial charge in [0.25, 0.3) is 11.8 Å². The van der Waals surface area contributed by atoms with E-state index in [2.05, 4.69) is 4.74 Å². The zero-order valence-corrected chi connectivity index (χ0v) is 5.69. The van der Waals surface area contributed by atoms with Gasteiger partial charge < -0.3 is 4.74 Å². The van der Waals surface area contributed by atoms with E-state index >= 15 is 0 Å². The molecule has 1 rings (SSSR count). The number of carbonyl (C=O) groups excluding carboxylic acids is 2. The smallest absolute Gasteiger partial charge is 0.267 e. The second kappa shape index (κ2) is 2.87. The normalized spacial score (nSPS) is 20.5. The number of hydrazine groups is 1. The molecule has 0 N–H and O–H groups in total. The molecule has 58 valence electrons. The van der Waals surface area contributed by atoms with Gasteiger partial charge in [0.15, 0.2) is 0 Å². The molecule has 2 amide bonds. The summed E-state index contributed by atoms with van der Waals surface area (Å²) in [7, 11) is 10.2. The molecule has 11 heavy (non-hydrogen) atoms. The average molecular weight is 154 g/mol. The highest BCUT2D eigenvalue weighted by atomic mass is 16.5. The fourth-order valence-corrected chi connectivity index (χ4v) is 0.598. The fourth-order valence-electron chi connectivity index (χ4n) is 0.598. The third-order valence-corrected chi connectivity index (χ3v) is 1.19. The quantitative estimate of drug-likeness (QED) is 0.446. The Balaban J connectivity index is 2.73. The van der Waals surface area contributed by atoms with Crippen LogP contribution in [0.15, 0.2) is 0 Å². The predicted molar refractivity (Wildman–Crippen MR) is 33.1 cm³/mol. The summed E-state index contributed by atoms with van der Waals surface area (Å²) in [6, 6.07) is 0. The van der Waals surface area contributed by atoms with Crippen LogP contribution >= 0.6 is 0 Å². The maximum Gasteiger partial charge on any atom is 0.267 e. The second-order valence-corrected chi connectivity index (χ2v) is 1.97. The number of ether oxygens (including phenoxy) is 1. The van der Waals surface area contributed by atoms with Crippen molar-refractivity contribution in [3.05, 3.63) is 14.1 Å². The number of rotatable bonds is 0. The summed E-state index contributed by atoms with van der Waals surface area (Å²) < 4.78 is 4.62. The Kier molecular flexibility index (Phi) is 2.09. The van der Waals surface area contributed by atoms with Crippen molar-refractivity contribution in [1.82, 2.24) is 10.0 Å². The average Bonchev–Trinajstić information content (AvgIpc) is 2.07. The summed E-state index contributed by atoms with van der Waals surface area (Å²) in [5.41, 5.74) is 0. The Morgan fingerprint density at radius 1 is 1.09 bits per heavy atom. The lowest BCUT2D eigenvalue weighted by Crippen LogP contribution is -2.41. The van der Waals surface area contributed by atoms with E-state index in [0.29, 0.717) is 10.0 Å². The van der Waals surface area contributed by atoms with Crippen molar-refractivity contribution in [3.8, 4) is 0 Å². The Morgan fingerprint density at radius 2 is 1.45 bits per heavy atom. The first kappa shape index (κ1) is 8.00. The van der Waals surface area contributed by atoms with Gasteiger partial charge in [-0.25, -0.2) is 10.0 Å². The molecule has 0 aromatic rings. The molecule has 4 radical (unpaired) electrons. The van der Waals surface area contributed by atoms with Crippen LogP contribution in [0.3, 0.4) is 0 Å². The molecule has 0 aromatic carbocycles. The lowest BCUT2D eigenvalue weighted by Gasteiger charge is -2.22. The van der Waals surface area contributed by atoms with Gasteiger partial charge >= 0.3 is 0 Å². The molecule has 0 atom stereocenters. The topological polar surface area (TPSA) is 49.9 Å². The van der Waals surface area contributed by atoms with E-state index in [4.69, 9.17) is 14.1 Å². The Hall–Kier alpha value is -1.10. The van der Waals surface area contributed by atoms with E-state index in [-0.39, 0.29) is 13.2 Å². The number of amides is 2. The van der Waals surface area contributed by atoms with Crippen molar-refractivity contribution >= 4 is 11.8 Å². The van der Waals surface area contributed by atoms with Crippen LogP contribution in [-0.4, -0.2) is 35.0 Å². The van der Waals surface area contributed by atoms with Crippen molar-refractivity contribution < 1.29 is 14.3 Å². The molecule has 0 unspecified atom stereocenters. The maximum absolute atomic E-state index is 10.8. The second-order valence-electron chi connectivity index (χ2n) is 1.97. The number of hydrogen-bond donors (Lipinski definition) is 0. The van der Waals surface area contributed by atoms with Crippen molar-refractivity contribution in [2.75, 3.05) is 13.2 Å². The van der Waals surface area contributed by atoms with Crippen molar-refractivity contribution in [2.45, 2.75) is 0 Å². The third-order valence-electron chi connectivity index (χ3n) is 1.19. The summed E-state index contributed by atoms with van der Waals surface area (Å²) in [6.07, 6.45) is 0. The van der Waals surface area contributed by atoms with Gasteiger partial charge in [0.1, 0.15) is 27.3 Å². The van der Waals surface area contributed by atoms with Crippen LogP contribution in [0.1, 0.15) is 0 Å². The molecule has 1 saturated heterocycles. The van der Waals surface area contributed by atoms with Crippen molar-refractivity contribution in [1.29, 1.82) is 0 Å². The first-order valence-electron chi connectivity index (χ1n) is 2.86. The Labute approximate surface area is 64.5 Å². The summed E-state index contributed by atoms with van der Waals surface area (Å²) in [6.45, 7) is -0.453. The molecule has 5 heteroatoms. The van der Waals surface area contributed by atoms with E-state index in [0.717, 1.165) is 0 Å². The SMILES string of the molecule is [CH]N1C(=O)COCC(=O)N1[CH]. The highest BCUT2D eigenvalue weighted by Gasteiger charge is 2.23. The first-order valence-corrected chi connectivity index (χ1v) is 2.86. The van der Waals surface area contributed by atoms with E-state index in [9.17, 15) is 9.59 Å². The molecule has 0 bridgehead atoms. The number of carbonyl (C=O) groups is 2. The summed E-state index contributed by atoms with van der Waals surface area (Å²) in [5.74, 6) is -1.11. The highest BCUT2D eigenvalue weighted by Crippen LogP contribution is 2.01. The summed E-state index contributed by atoms with van der Waals surface area (Å²) in [5, 5.41) is 1.05. The molecule has 5 nitrogen and oxygen atoms in total. The standard InChI is InChI=1S/C6H6N2O3/c1-7-5(9)3-11-4-6(10)8(7)2/h1-2H,3-4H2. The molecule has 1 heterocycles. The predicted octanol–water partition coefficient (Wildman–Crippen LogP) is -1.07. The fraction of sp³-hybridized carbons (Fsp3) is 0.333. The van der Waals surface area contributed by atoms with E-state index in [1.165, 1.54) is 0 Å². The largest absolute Gasteiger partial charge is 0.362 e. The van der Waals surface area contributed by atoms with Crippen molar-refractivity contribution in [2.24, 2.45) is 0 Å². The van der Waals surface area contributed by atoms with Crippen LogP contribution in [-0.2, 0) is 14.3 Å². The van der Waals surface area contributed by atoms with Crippen LogP contribution < -0.4 is 0 Å². The maximum atomic E-state index is 10.8.